The number of halogens is 3. The highest BCUT2D eigenvalue weighted by Crippen LogP contribution is 2.48. The van der Waals surface area contributed by atoms with Crippen LogP contribution in [0, 0.1) is 12.8 Å². The molecule has 282 valence electrons. The fourth-order valence-corrected chi connectivity index (χ4v) is 10.1. The van der Waals surface area contributed by atoms with Gasteiger partial charge in [0.15, 0.2) is 6.54 Å². The number of carbonyl (C=O) groups is 1. The Bertz CT molecular complexity index is 2310. The summed E-state index contributed by atoms with van der Waals surface area (Å²) in [6.07, 6.45) is 8.47. The summed E-state index contributed by atoms with van der Waals surface area (Å²) in [6, 6.07) is 22.6. The maximum Gasteiger partial charge on any atom is 0.471 e. The number of alkyl halides is 3. The van der Waals surface area contributed by atoms with E-state index < -0.39 is 28.0 Å². The van der Waals surface area contributed by atoms with Crippen molar-refractivity contribution in [2.24, 2.45) is 5.92 Å². The van der Waals surface area contributed by atoms with Gasteiger partial charge in [0, 0.05) is 42.3 Å². The van der Waals surface area contributed by atoms with E-state index in [4.69, 9.17) is 0 Å². The molecule has 2 aliphatic carbocycles. The molecule has 1 N–H and O–H groups in total. The van der Waals surface area contributed by atoms with Gasteiger partial charge < -0.3 is 14.8 Å². The lowest BCUT2D eigenvalue weighted by atomic mass is 9.77. The molecule has 0 radical (unpaired) electrons. The molecule has 3 aliphatic rings. The van der Waals surface area contributed by atoms with Gasteiger partial charge in [-0.15, -0.1) is 0 Å². The van der Waals surface area contributed by atoms with E-state index >= 15 is 0 Å². The highest BCUT2D eigenvalue weighted by Gasteiger charge is 2.38. The Morgan fingerprint density at radius 1 is 1.00 bits per heavy atom. The molecule has 2 heterocycles. The molecule has 1 unspecified atom stereocenters. The van der Waals surface area contributed by atoms with E-state index in [9.17, 15) is 30.9 Å². The van der Waals surface area contributed by atoms with Crippen molar-refractivity contribution >= 4 is 61.1 Å². The molecule has 0 spiro atoms. The van der Waals surface area contributed by atoms with Crippen molar-refractivity contribution in [3.8, 4) is 11.1 Å². The summed E-state index contributed by atoms with van der Waals surface area (Å²) in [7, 11) is -4.31. The Labute approximate surface area is 321 Å². The smallest absolute Gasteiger partial charge is 0.471 e. The molecule has 4 aromatic rings. The van der Waals surface area contributed by atoms with Crippen molar-refractivity contribution in [1.29, 1.82) is 0 Å². The Morgan fingerprint density at radius 2 is 1.80 bits per heavy atom. The number of amides is 1. The molecule has 13 heteroatoms. The van der Waals surface area contributed by atoms with Crippen LogP contribution in [0.15, 0.2) is 112 Å². The zero-order chi connectivity index (χ0) is 38.0. The van der Waals surface area contributed by atoms with Crippen molar-refractivity contribution < 1.29 is 35.5 Å². The number of thiazole rings is 1. The number of allylic oxidation sites excluding steroid dienone is 6. The molecule has 1 amide bonds. The molecule has 0 saturated heterocycles. The fraction of sp³-hybridized carbons (Fsp3) is 0.317. The van der Waals surface area contributed by atoms with Crippen LogP contribution in [0.25, 0.3) is 27.4 Å². The van der Waals surface area contributed by atoms with Crippen molar-refractivity contribution in [3.05, 3.63) is 117 Å². The number of carbonyl (C=O) groups excluding carboxylic acids is 1. The molecule has 0 fully saturated rings. The van der Waals surface area contributed by atoms with E-state index in [1.165, 1.54) is 16.7 Å². The van der Waals surface area contributed by atoms with Crippen LogP contribution in [0.3, 0.4) is 0 Å². The van der Waals surface area contributed by atoms with Crippen molar-refractivity contribution in [3.63, 3.8) is 0 Å². The Balaban J connectivity index is 1.17. The number of nitrogens with one attached hydrogen (secondary N) is 1. The summed E-state index contributed by atoms with van der Waals surface area (Å²) in [5.41, 5.74) is 8.88. The van der Waals surface area contributed by atoms with Gasteiger partial charge in [-0.2, -0.15) is 17.7 Å². The monoisotopic (exact) mass is 791 g/mol. The summed E-state index contributed by atoms with van der Waals surface area (Å²) in [5.74, 6) is -1.89. The number of thioether (sulfide) groups is 1. The first-order valence-electron chi connectivity index (χ1n) is 18.0. The summed E-state index contributed by atoms with van der Waals surface area (Å²) < 4.78 is 75.8. The summed E-state index contributed by atoms with van der Waals surface area (Å²) in [4.78, 5) is 14.7. The van der Waals surface area contributed by atoms with Crippen LogP contribution < -0.4 is 14.8 Å². The lowest BCUT2D eigenvalue weighted by Gasteiger charge is -2.29. The second-order valence-electron chi connectivity index (χ2n) is 13.9. The SMILES string of the molecule is Cc1ccc2c(c1)N(CCCS(=O)(=O)[O-])/C(=C/C1=CC3=C/C(=C/c4sc5ccc(-c6ccccc6)cc5[n+]4CCCNC(=O)C(F)(F)F)CCC3CC1)S2. The molecule has 3 aromatic carbocycles. The lowest BCUT2D eigenvalue weighted by Crippen LogP contribution is -2.40. The van der Waals surface area contributed by atoms with Gasteiger partial charge in [0.05, 0.1) is 20.8 Å². The molecule has 1 atom stereocenters. The third-order valence-electron chi connectivity index (χ3n) is 9.96. The van der Waals surface area contributed by atoms with Crippen LogP contribution in [0.5, 0.6) is 0 Å². The number of benzene rings is 3. The van der Waals surface area contributed by atoms with Crippen LogP contribution in [0.2, 0.25) is 0 Å². The zero-order valence-electron chi connectivity index (χ0n) is 29.7. The minimum absolute atomic E-state index is 0.0932. The number of hydrogen-bond donors (Lipinski definition) is 1. The average Bonchev–Trinajstić information content (AvgIpc) is 3.64. The minimum atomic E-state index is -4.92. The van der Waals surface area contributed by atoms with Gasteiger partial charge in [-0.25, -0.2) is 8.42 Å². The number of hydrogen-bond acceptors (Lipinski definition) is 7. The van der Waals surface area contributed by atoms with Gasteiger partial charge in [0.2, 0.25) is 5.52 Å². The van der Waals surface area contributed by atoms with E-state index in [1.807, 2.05) is 42.6 Å². The van der Waals surface area contributed by atoms with Gasteiger partial charge in [-0.1, -0.05) is 77.7 Å². The number of aryl methyl sites for hydroxylation is 2. The molecule has 1 aliphatic heterocycles. The van der Waals surface area contributed by atoms with Crippen molar-refractivity contribution in [2.75, 3.05) is 23.7 Å². The van der Waals surface area contributed by atoms with Crippen molar-refractivity contribution in [1.82, 2.24) is 5.32 Å². The van der Waals surface area contributed by atoms with E-state index in [-0.39, 0.29) is 13.0 Å². The molecular weight excluding hydrogens is 752 g/mol. The molecule has 0 bridgehead atoms. The van der Waals surface area contributed by atoms with E-state index in [1.54, 1.807) is 23.1 Å². The maximum atomic E-state index is 12.8. The second-order valence-corrected chi connectivity index (χ2v) is 17.6. The first-order valence-corrected chi connectivity index (χ1v) is 21.2. The zero-order valence-corrected chi connectivity index (χ0v) is 32.1. The first-order chi connectivity index (χ1) is 25.8. The predicted molar refractivity (Wildman–Crippen MR) is 209 cm³/mol. The summed E-state index contributed by atoms with van der Waals surface area (Å²) in [6.45, 7) is 2.80. The van der Waals surface area contributed by atoms with Crippen LogP contribution in [0.1, 0.15) is 49.1 Å². The second kappa shape index (κ2) is 15.9. The van der Waals surface area contributed by atoms with Gasteiger partial charge in [0.25, 0.3) is 5.01 Å². The molecule has 7 nitrogen and oxygen atoms in total. The first kappa shape index (κ1) is 38.1. The highest BCUT2D eigenvalue weighted by atomic mass is 32.2. The maximum absolute atomic E-state index is 12.8. The van der Waals surface area contributed by atoms with E-state index in [2.05, 4.69) is 70.2 Å². The normalized spacial score (nSPS) is 18.8. The topological polar surface area (TPSA) is 93.4 Å². The third kappa shape index (κ3) is 9.02. The molecule has 7 rings (SSSR count). The predicted octanol–water partition coefficient (Wildman–Crippen LogP) is 9.06. The Kier molecular flexibility index (Phi) is 11.2. The molecule has 1 aromatic heterocycles. The number of anilines is 1. The fourth-order valence-electron chi connectivity index (χ4n) is 7.29. The number of rotatable bonds is 11. The van der Waals surface area contributed by atoms with Gasteiger partial charge >= 0.3 is 12.1 Å². The van der Waals surface area contributed by atoms with Gasteiger partial charge in [-0.3, -0.25) is 4.79 Å². The molecule has 0 saturated carbocycles. The Hall–Kier alpha value is -4.17. The van der Waals surface area contributed by atoms with E-state index in [0.717, 1.165) is 73.2 Å². The average molecular weight is 792 g/mol. The number of aromatic nitrogens is 1. The van der Waals surface area contributed by atoms with E-state index in [0.29, 0.717) is 25.4 Å². The summed E-state index contributed by atoms with van der Waals surface area (Å²) >= 11 is 3.30. The van der Waals surface area contributed by atoms with Crippen LogP contribution in [0.4, 0.5) is 18.9 Å². The third-order valence-corrected chi connectivity index (χ3v) is 13.0. The van der Waals surface area contributed by atoms with Crippen LogP contribution in [-0.4, -0.2) is 43.9 Å². The molecule has 54 heavy (non-hydrogen) atoms. The highest BCUT2D eigenvalue weighted by molar-refractivity contribution is 8.03. The van der Waals surface area contributed by atoms with Gasteiger partial charge in [-0.05, 0) is 103 Å². The largest absolute Gasteiger partial charge is 0.748 e. The standard InChI is InChI=1S/C41H40F3N3O4S3/c1-27-9-15-36-34(21-27)47(19-6-20-54(49,50)51)39(52-36)25-29-11-13-31-12-10-28(22-33(31)23-29)24-38-46(18-5-17-45-40(48)41(42,43)44)35-26-32(14-16-37(35)53-38)30-7-3-2-4-8-30/h2-4,7-9,14-16,21-26,31H,5-6,10-13,17-20H2,1H3,(H-,45,48,49,50,51). The number of nitrogens with zero attached hydrogens (tertiary/aromatic N) is 2. The summed E-state index contributed by atoms with van der Waals surface area (Å²) in [5, 5.41) is 4.02. The minimum Gasteiger partial charge on any atom is -0.748 e. The molecular formula is C41H40F3N3O4S3. The lowest BCUT2D eigenvalue weighted by molar-refractivity contribution is -0.668. The van der Waals surface area contributed by atoms with Crippen molar-refractivity contribution in [2.45, 2.75) is 63.1 Å². The Morgan fingerprint density at radius 3 is 2.57 bits per heavy atom. The quantitative estimate of drug-likeness (QED) is 0.0926. The van der Waals surface area contributed by atoms with Crippen LogP contribution in [-0.2, 0) is 21.5 Å². The number of fused-ring (bicyclic) bond motifs is 3. The van der Waals surface area contributed by atoms with Gasteiger partial charge in [0.1, 0.15) is 4.70 Å². The van der Waals surface area contributed by atoms with Crippen LogP contribution >= 0.6 is 23.1 Å².